The first kappa shape index (κ1) is 18.6. The van der Waals surface area contributed by atoms with Gasteiger partial charge in [-0.05, 0) is 36.8 Å². The third kappa shape index (κ3) is 4.91. The molecular weight excluding hydrogens is 346 g/mol. The molecule has 3 rings (SSSR count). The predicted molar refractivity (Wildman–Crippen MR) is 103 cm³/mol. The minimum Gasteiger partial charge on any atom is -0.486 e. The van der Waals surface area contributed by atoms with Crippen LogP contribution in [0.15, 0.2) is 42.5 Å². The number of hydrogen-bond donors (Lipinski definition) is 2. The molecule has 1 aliphatic heterocycles. The van der Waals surface area contributed by atoms with Crippen molar-refractivity contribution >= 4 is 23.2 Å². The van der Waals surface area contributed by atoms with Crippen molar-refractivity contribution in [1.82, 2.24) is 4.90 Å². The molecular formula is C20H23N3O4. The lowest BCUT2D eigenvalue weighted by molar-refractivity contribution is -0.133. The lowest BCUT2D eigenvalue weighted by Gasteiger charge is -2.21. The van der Waals surface area contributed by atoms with Crippen molar-refractivity contribution in [3.05, 3.63) is 48.0 Å². The summed E-state index contributed by atoms with van der Waals surface area (Å²) < 4.78 is 11.0. The molecule has 2 amide bonds. The molecule has 1 aliphatic rings. The van der Waals surface area contributed by atoms with Crippen molar-refractivity contribution in [2.75, 3.05) is 37.4 Å². The van der Waals surface area contributed by atoms with Crippen LogP contribution >= 0.6 is 0 Å². The highest BCUT2D eigenvalue weighted by atomic mass is 16.6. The number of likely N-dealkylation sites (N-methyl/N-ethyl adjacent to an activating group) is 1. The van der Waals surface area contributed by atoms with Crippen LogP contribution in [0.1, 0.15) is 12.5 Å². The first-order chi connectivity index (χ1) is 13.0. The Balaban J connectivity index is 1.57. The quantitative estimate of drug-likeness (QED) is 0.760. The summed E-state index contributed by atoms with van der Waals surface area (Å²) in [6, 6.07) is 12.4. The highest BCUT2D eigenvalue weighted by Gasteiger charge is 2.17. The summed E-state index contributed by atoms with van der Waals surface area (Å²) in [6.45, 7) is 3.27. The number of carbonyl (C=O) groups excluding carboxylic acids is 2. The molecule has 2 aromatic rings. The summed E-state index contributed by atoms with van der Waals surface area (Å²) in [4.78, 5) is 26.4. The molecule has 142 valence electrons. The summed E-state index contributed by atoms with van der Waals surface area (Å²) in [5.41, 5.74) is 7.77. The van der Waals surface area contributed by atoms with Gasteiger partial charge in [0.1, 0.15) is 13.2 Å². The molecule has 0 unspecified atom stereocenters. The van der Waals surface area contributed by atoms with Crippen molar-refractivity contribution in [3.8, 4) is 11.5 Å². The van der Waals surface area contributed by atoms with Gasteiger partial charge in [0.2, 0.25) is 11.8 Å². The molecule has 0 atom stereocenters. The van der Waals surface area contributed by atoms with Crippen LogP contribution in [0.5, 0.6) is 11.5 Å². The lowest BCUT2D eigenvalue weighted by atomic mass is 10.1. The monoisotopic (exact) mass is 369 g/mol. The van der Waals surface area contributed by atoms with Gasteiger partial charge in [-0.25, -0.2) is 0 Å². The number of nitrogens with zero attached hydrogens (tertiary/aromatic N) is 1. The van der Waals surface area contributed by atoms with Gasteiger partial charge in [-0.2, -0.15) is 0 Å². The predicted octanol–water partition coefficient (Wildman–Crippen LogP) is 2.07. The smallest absolute Gasteiger partial charge is 0.243 e. The van der Waals surface area contributed by atoms with Crippen LogP contribution in [0, 0.1) is 0 Å². The molecule has 0 fully saturated rings. The Morgan fingerprint density at radius 2 is 1.78 bits per heavy atom. The standard InChI is InChI=1S/C20H23N3O4/c1-2-23(20(25)11-14-3-5-15(21)6-4-14)13-19(24)22-16-7-8-17-18(12-16)27-10-9-26-17/h3-8,12H,2,9-11,13,21H2,1H3,(H,22,24). The number of nitrogens with two attached hydrogens (primary N) is 1. The normalized spacial score (nSPS) is 12.3. The molecule has 0 saturated heterocycles. The Morgan fingerprint density at radius 1 is 1.07 bits per heavy atom. The summed E-state index contributed by atoms with van der Waals surface area (Å²) >= 11 is 0. The molecule has 0 bridgehead atoms. The number of nitrogens with one attached hydrogen (secondary N) is 1. The second-order valence-corrected chi connectivity index (χ2v) is 6.23. The summed E-state index contributed by atoms with van der Waals surface area (Å²) in [5.74, 6) is 0.887. The van der Waals surface area contributed by atoms with E-state index in [0.29, 0.717) is 42.6 Å². The summed E-state index contributed by atoms with van der Waals surface area (Å²) in [5, 5.41) is 2.80. The van der Waals surface area contributed by atoms with Crippen LogP contribution < -0.4 is 20.5 Å². The number of nitrogen functional groups attached to an aromatic ring is 1. The Labute approximate surface area is 158 Å². The van der Waals surface area contributed by atoms with E-state index >= 15 is 0 Å². The molecule has 0 aliphatic carbocycles. The van der Waals surface area contributed by atoms with Gasteiger partial charge >= 0.3 is 0 Å². The average Bonchev–Trinajstić information content (AvgIpc) is 2.67. The topological polar surface area (TPSA) is 93.9 Å². The molecule has 0 spiro atoms. The molecule has 3 N–H and O–H groups in total. The third-order valence-electron chi connectivity index (χ3n) is 4.23. The van der Waals surface area contributed by atoms with Gasteiger partial charge in [0.05, 0.1) is 13.0 Å². The fourth-order valence-corrected chi connectivity index (χ4v) is 2.79. The fourth-order valence-electron chi connectivity index (χ4n) is 2.79. The highest BCUT2D eigenvalue weighted by molar-refractivity contribution is 5.95. The van der Waals surface area contributed by atoms with Gasteiger partial charge in [0.15, 0.2) is 11.5 Å². The molecule has 2 aromatic carbocycles. The zero-order valence-electron chi connectivity index (χ0n) is 15.2. The number of amides is 2. The summed E-state index contributed by atoms with van der Waals surface area (Å²) in [7, 11) is 0. The minimum atomic E-state index is -0.265. The molecule has 7 heteroatoms. The maximum absolute atomic E-state index is 12.5. The molecule has 0 aromatic heterocycles. The zero-order valence-corrected chi connectivity index (χ0v) is 15.2. The van der Waals surface area contributed by atoms with Gasteiger partial charge in [0, 0.05) is 24.0 Å². The van der Waals surface area contributed by atoms with Crippen molar-refractivity contribution in [3.63, 3.8) is 0 Å². The Hall–Kier alpha value is -3.22. The number of hydrogen-bond acceptors (Lipinski definition) is 5. The second-order valence-electron chi connectivity index (χ2n) is 6.23. The fraction of sp³-hybridized carbons (Fsp3) is 0.300. The maximum atomic E-state index is 12.5. The number of rotatable bonds is 6. The van der Waals surface area contributed by atoms with Gasteiger partial charge in [-0.1, -0.05) is 12.1 Å². The average molecular weight is 369 g/mol. The van der Waals surface area contributed by atoms with Crippen LogP contribution in [-0.4, -0.2) is 43.0 Å². The van der Waals surface area contributed by atoms with Gasteiger partial charge in [-0.15, -0.1) is 0 Å². The lowest BCUT2D eigenvalue weighted by Crippen LogP contribution is -2.38. The van der Waals surface area contributed by atoms with E-state index in [4.69, 9.17) is 15.2 Å². The molecule has 0 radical (unpaired) electrons. The van der Waals surface area contributed by atoms with E-state index in [-0.39, 0.29) is 24.8 Å². The van der Waals surface area contributed by atoms with Crippen molar-refractivity contribution in [2.45, 2.75) is 13.3 Å². The molecule has 1 heterocycles. The number of carbonyl (C=O) groups is 2. The molecule has 7 nitrogen and oxygen atoms in total. The first-order valence-corrected chi connectivity index (χ1v) is 8.87. The Morgan fingerprint density at radius 3 is 2.48 bits per heavy atom. The first-order valence-electron chi connectivity index (χ1n) is 8.87. The van der Waals surface area contributed by atoms with E-state index in [9.17, 15) is 9.59 Å². The van der Waals surface area contributed by atoms with Gasteiger partial charge in [0.25, 0.3) is 0 Å². The second kappa shape index (κ2) is 8.44. The Kier molecular flexibility index (Phi) is 5.80. The largest absolute Gasteiger partial charge is 0.486 e. The van der Waals surface area contributed by atoms with E-state index < -0.39 is 0 Å². The van der Waals surface area contributed by atoms with Crippen LogP contribution in [0.3, 0.4) is 0 Å². The van der Waals surface area contributed by atoms with E-state index in [1.807, 2.05) is 19.1 Å². The molecule has 0 saturated carbocycles. The Bertz CT molecular complexity index is 820. The van der Waals surface area contributed by atoms with Crippen molar-refractivity contribution in [1.29, 1.82) is 0 Å². The highest BCUT2D eigenvalue weighted by Crippen LogP contribution is 2.32. The summed E-state index contributed by atoms with van der Waals surface area (Å²) in [6.07, 6.45) is 0.228. The zero-order chi connectivity index (χ0) is 19.2. The third-order valence-corrected chi connectivity index (χ3v) is 4.23. The molecule has 27 heavy (non-hydrogen) atoms. The van der Waals surface area contributed by atoms with Crippen LogP contribution in [0.4, 0.5) is 11.4 Å². The maximum Gasteiger partial charge on any atom is 0.243 e. The minimum absolute atomic E-state index is 0.0151. The van der Waals surface area contributed by atoms with Crippen LogP contribution in [0.25, 0.3) is 0 Å². The van der Waals surface area contributed by atoms with Crippen molar-refractivity contribution < 1.29 is 19.1 Å². The van der Waals surface area contributed by atoms with E-state index in [1.54, 1.807) is 30.3 Å². The number of anilines is 2. The number of ether oxygens (including phenoxy) is 2. The van der Waals surface area contributed by atoms with Crippen molar-refractivity contribution in [2.24, 2.45) is 0 Å². The van der Waals surface area contributed by atoms with Crippen LogP contribution in [0.2, 0.25) is 0 Å². The SMILES string of the molecule is CCN(CC(=O)Nc1ccc2c(c1)OCCO2)C(=O)Cc1ccc(N)cc1. The van der Waals surface area contributed by atoms with E-state index in [1.165, 1.54) is 4.90 Å². The van der Waals surface area contributed by atoms with Crippen LogP contribution in [-0.2, 0) is 16.0 Å². The number of benzene rings is 2. The number of fused-ring (bicyclic) bond motifs is 1. The van der Waals surface area contributed by atoms with Gasteiger partial charge < -0.3 is 25.4 Å². The van der Waals surface area contributed by atoms with Gasteiger partial charge in [-0.3, -0.25) is 9.59 Å². The van der Waals surface area contributed by atoms with E-state index in [0.717, 1.165) is 5.56 Å². The van der Waals surface area contributed by atoms with E-state index in [2.05, 4.69) is 5.32 Å².